The molecule has 1 aliphatic carbocycles. The number of morpholine rings is 1. The minimum Gasteiger partial charge on any atom is -0.492 e. The molecule has 2 aliphatic heterocycles. The Balaban J connectivity index is 1.03. The number of benzene rings is 4. The van der Waals surface area contributed by atoms with Crippen LogP contribution in [0.3, 0.4) is 0 Å². The first-order valence-corrected chi connectivity index (χ1v) is 18.4. The monoisotopic (exact) mass is 688 g/mol. The Morgan fingerprint density at radius 3 is 2.33 bits per heavy atom. The number of rotatable bonds is 12. The Bertz CT molecular complexity index is 1790. The molecule has 0 bridgehead atoms. The molecule has 2 saturated heterocycles. The summed E-state index contributed by atoms with van der Waals surface area (Å²) in [5.41, 5.74) is 9.22. The van der Waals surface area contributed by atoms with Gasteiger partial charge in [0, 0.05) is 32.1 Å². The van der Waals surface area contributed by atoms with Gasteiger partial charge < -0.3 is 18.9 Å². The zero-order valence-electron chi connectivity index (χ0n) is 29.7. The molecule has 4 aromatic carbocycles. The lowest BCUT2D eigenvalue weighted by atomic mass is 9.98. The summed E-state index contributed by atoms with van der Waals surface area (Å²) in [7, 11) is 0. The number of hydrogen-bond donors (Lipinski definition) is 0. The minimum atomic E-state index is -0.697. The van der Waals surface area contributed by atoms with Crippen molar-refractivity contribution in [2.45, 2.75) is 57.6 Å². The Hall–Kier alpha value is -4.66. The third-order valence-electron chi connectivity index (χ3n) is 10.6. The highest BCUT2D eigenvalue weighted by Crippen LogP contribution is 2.44. The van der Waals surface area contributed by atoms with Crippen molar-refractivity contribution in [1.82, 2.24) is 9.80 Å². The van der Waals surface area contributed by atoms with E-state index in [0.717, 1.165) is 61.7 Å². The van der Waals surface area contributed by atoms with Crippen molar-refractivity contribution in [3.63, 3.8) is 0 Å². The van der Waals surface area contributed by atoms with Crippen LogP contribution < -0.4 is 4.74 Å². The number of carbonyl (C=O) groups excluding carboxylic acids is 2. The fourth-order valence-electron chi connectivity index (χ4n) is 7.60. The Kier molecular flexibility index (Phi) is 11.0. The molecule has 0 saturated carbocycles. The molecule has 0 radical (unpaired) electrons. The van der Waals surface area contributed by atoms with Crippen LogP contribution in [0.4, 0.5) is 4.79 Å². The van der Waals surface area contributed by atoms with Crippen LogP contribution in [-0.4, -0.2) is 80.5 Å². The van der Waals surface area contributed by atoms with E-state index in [2.05, 4.69) is 61.2 Å². The summed E-state index contributed by atoms with van der Waals surface area (Å²) in [4.78, 5) is 31.4. The Labute approximate surface area is 301 Å². The smallest absolute Gasteiger partial charge is 0.410 e. The van der Waals surface area contributed by atoms with Gasteiger partial charge in [-0.05, 0) is 96.2 Å². The molecule has 7 rings (SSSR count). The maximum absolute atomic E-state index is 14.0. The van der Waals surface area contributed by atoms with E-state index in [0.29, 0.717) is 32.4 Å². The number of carbonyl (C=O) groups is 2. The maximum Gasteiger partial charge on any atom is 0.410 e. The zero-order valence-corrected chi connectivity index (χ0v) is 29.7. The summed E-state index contributed by atoms with van der Waals surface area (Å²) in [5, 5.41) is 0. The molecule has 3 aliphatic rings. The number of esters is 1. The lowest BCUT2D eigenvalue weighted by molar-refractivity contribution is -0.154. The lowest BCUT2D eigenvalue weighted by Crippen LogP contribution is -2.42. The fourth-order valence-corrected chi connectivity index (χ4v) is 7.60. The highest BCUT2D eigenvalue weighted by atomic mass is 16.6. The van der Waals surface area contributed by atoms with Crippen LogP contribution in [0.1, 0.15) is 64.7 Å². The molecule has 2 fully saturated rings. The third kappa shape index (κ3) is 8.13. The van der Waals surface area contributed by atoms with Crippen LogP contribution in [0.15, 0.2) is 91.0 Å². The first-order chi connectivity index (χ1) is 24.9. The third-order valence-corrected chi connectivity index (χ3v) is 10.6. The first-order valence-electron chi connectivity index (χ1n) is 18.4. The van der Waals surface area contributed by atoms with E-state index in [1.165, 1.54) is 27.8 Å². The molecule has 266 valence electrons. The van der Waals surface area contributed by atoms with Gasteiger partial charge >= 0.3 is 12.1 Å². The van der Waals surface area contributed by atoms with Gasteiger partial charge in [0.05, 0.1) is 13.2 Å². The van der Waals surface area contributed by atoms with Crippen molar-refractivity contribution in [3.05, 3.63) is 124 Å². The van der Waals surface area contributed by atoms with Crippen molar-refractivity contribution in [2.75, 3.05) is 52.6 Å². The Morgan fingerprint density at radius 2 is 1.59 bits per heavy atom. The Morgan fingerprint density at radius 1 is 0.843 bits per heavy atom. The van der Waals surface area contributed by atoms with Crippen molar-refractivity contribution in [3.8, 4) is 16.9 Å². The average Bonchev–Trinajstić information content (AvgIpc) is 3.78. The molecule has 0 N–H and O–H groups in total. The molecule has 1 amide bonds. The number of amides is 1. The topological polar surface area (TPSA) is 77.5 Å². The molecule has 0 spiro atoms. The van der Waals surface area contributed by atoms with Gasteiger partial charge in [-0.1, -0.05) is 78.9 Å². The van der Waals surface area contributed by atoms with Crippen LogP contribution in [0.5, 0.6) is 5.75 Å². The van der Waals surface area contributed by atoms with Crippen LogP contribution in [0.2, 0.25) is 0 Å². The molecule has 2 heterocycles. The largest absolute Gasteiger partial charge is 0.492 e. The van der Waals surface area contributed by atoms with E-state index in [1.807, 2.05) is 48.5 Å². The number of hydrogen-bond acceptors (Lipinski definition) is 7. The molecule has 0 aromatic heterocycles. The standard InChI is InChI=1S/C43H48N2O6/c1-30-16-17-32(27-31(30)2)18-19-41(33-9-7-10-34(28-33)49-26-23-44-21-24-48-25-22-44)51-42(46)40-15-8-20-45(40)43(47)50-29-39-37-13-5-3-11-35(37)36-12-4-6-14-38(36)39/h3-7,9-14,16-17,27-28,39-41H,8,15,18-26,29H2,1-2H3/t40-,41?/m0/s1. The van der Waals surface area contributed by atoms with E-state index < -0.39 is 24.2 Å². The molecule has 1 unspecified atom stereocenters. The molecule has 4 aromatic rings. The molecular formula is C43H48N2O6. The molecule has 2 atom stereocenters. The van der Waals surface area contributed by atoms with Crippen molar-refractivity contribution >= 4 is 12.1 Å². The second-order valence-electron chi connectivity index (χ2n) is 13.9. The van der Waals surface area contributed by atoms with E-state index in [-0.39, 0.29) is 12.5 Å². The second-order valence-corrected chi connectivity index (χ2v) is 13.9. The number of ether oxygens (including phenoxy) is 4. The van der Waals surface area contributed by atoms with Gasteiger partial charge in [-0.2, -0.15) is 0 Å². The molecule has 51 heavy (non-hydrogen) atoms. The van der Waals surface area contributed by atoms with Gasteiger partial charge in [-0.25, -0.2) is 9.59 Å². The molecular weight excluding hydrogens is 640 g/mol. The van der Waals surface area contributed by atoms with Gasteiger partial charge in [0.2, 0.25) is 0 Å². The van der Waals surface area contributed by atoms with Gasteiger partial charge in [0.15, 0.2) is 0 Å². The van der Waals surface area contributed by atoms with Gasteiger partial charge in [-0.3, -0.25) is 9.80 Å². The summed E-state index contributed by atoms with van der Waals surface area (Å²) in [6.07, 6.45) is 1.61. The van der Waals surface area contributed by atoms with Crippen molar-refractivity contribution in [2.24, 2.45) is 0 Å². The lowest BCUT2D eigenvalue weighted by Gasteiger charge is -2.27. The second kappa shape index (κ2) is 16.1. The van der Waals surface area contributed by atoms with E-state index >= 15 is 0 Å². The predicted octanol–water partition coefficient (Wildman–Crippen LogP) is 7.65. The maximum atomic E-state index is 14.0. The normalized spacial score (nSPS) is 17.8. The summed E-state index contributed by atoms with van der Waals surface area (Å²) in [6.45, 7) is 9.61. The molecule has 8 nitrogen and oxygen atoms in total. The quantitative estimate of drug-likeness (QED) is 0.142. The van der Waals surface area contributed by atoms with Crippen LogP contribution in [-0.2, 0) is 25.4 Å². The average molecular weight is 689 g/mol. The minimum absolute atomic E-state index is 0.0486. The number of nitrogens with zero attached hydrogens (tertiary/aromatic N) is 2. The predicted molar refractivity (Wildman–Crippen MR) is 197 cm³/mol. The fraction of sp³-hybridized carbons (Fsp3) is 0.395. The summed E-state index contributed by atoms with van der Waals surface area (Å²) in [6, 6.07) is 30.2. The number of fused-ring (bicyclic) bond motifs is 3. The summed E-state index contributed by atoms with van der Waals surface area (Å²) in [5.74, 6) is 0.298. The summed E-state index contributed by atoms with van der Waals surface area (Å²) >= 11 is 0. The van der Waals surface area contributed by atoms with Crippen molar-refractivity contribution in [1.29, 1.82) is 0 Å². The first kappa shape index (κ1) is 34.8. The van der Waals surface area contributed by atoms with E-state index in [4.69, 9.17) is 18.9 Å². The number of likely N-dealkylation sites (tertiary alicyclic amines) is 1. The highest BCUT2D eigenvalue weighted by Gasteiger charge is 2.38. The van der Waals surface area contributed by atoms with E-state index in [1.54, 1.807) is 4.90 Å². The van der Waals surface area contributed by atoms with Gasteiger partial charge in [-0.15, -0.1) is 0 Å². The number of aryl methyl sites for hydroxylation is 3. The van der Waals surface area contributed by atoms with Gasteiger partial charge in [0.25, 0.3) is 0 Å². The summed E-state index contributed by atoms with van der Waals surface area (Å²) < 4.78 is 23.9. The van der Waals surface area contributed by atoms with Crippen LogP contribution in [0.25, 0.3) is 11.1 Å². The van der Waals surface area contributed by atoms with Gasteiger partial charge in [0.1, 0.15) is 31.1 Å². The van der Waals surface area contributed by atoms with Crippen LogP contribution >= 0.6 is 0 Å². The molecule has 8 heteroatoms. The SMILES string of the molecule is Cc1ccc(CCC(OC(=O)[C@@H]2CCCN2C(=O)OCC2c3ccccc3-c3ccccc32)c2cccc(OCCN3CCOCC3)c2)cc1C. The highest BCUT2D eigenvalue weighted by molar-refractivity contribution is 5.83. The van der Waals surface area contributed by atoms with Crippen molar-refractivity contribution < 1.29 is 28.5 Å². The van der Waals surface area contributed by atoms with Crippen LogP contribution in [0, 0.1) is 13.8 Å². The zero-order chi connectivity index (χ0) is 35.2. The van der Waals surface area contributed by atoms with E-state index in [9.17, 15) is 9.59 Å².